The Bertz CT molecular complexity index is 804. The molecule has 0 saturated heterocycles. The van der Waals surface area contributed by atoms with Crippen molar-refractivity contribution in [1.29, 1.82) is 0 Å². The number of fused-ring (bicyclic) bond motifs is 1. The van der Waals surface area contributed by atoms with Crippen molar-refractivity contribution in [2.24, 2.45) is 0 Å². The summed E-state index contributed by atoms with van der Waals surface area (Å²) in [5.41, 5.74) is 2.28. The SMILES string of the molecule is CCOc1ccc([C@@H]2N(C)C(=O)c3ccccc3N2CC(=O)NC)cc1. The minimum atomic E-state index is -0.370. The van der Waals surface area contributed by atoms with Gasteiger partial charge in [0.15, 0.2) is 0 Å². The number of anilines is 1. The summed E-state index contributed by atoms with van der Waals surface area (Å²) < 4.78 is 5.50. The Morgan fingerprint density at radius 1 is 1.15 bits per heavy atom. The Morgan fingerprint density at radius 3 is 2.50 bits per heavy atom. The van der Waals surface area contributed by atoms with Crippen molar-refractivity contribution in [2.75, 3.05) is 32.1 Å². The third-order valence-electron chi connectivity index (χ3n) is 4.51. The summed E-state index contributed by atoms with van der Waals surface area (Å²) in [6, 6.07) is 15.0. The predicted molar refractivity (Wildman–Crippen MR) is 100 cm³/mol. The van der Waals surface area contributed by atoms with Crippen molar-refractivity contribution < 1.29 is 14.3 Å². The number of hydrogen-bond donors (Lipinski definition) is 1. The molecule has 0 bridgehead atoms. The van der Waals surface area contributed by atoms with Gasteiger partial charge < -0.3 is 19.9 Å². The molecule has 1 aliphatic rings. The number of carbonyl (C=O) groups excluding carboxylic acids is 2. The van der Waals surface area contributed by atoms with E-state index in [0.29, 0.717) is 12.2 Å². The summed E-state index contributed by atoms with van der Waals surface area (Å²) >= 11 is 0. The van der Waals surface area contributed by atoms with Crippen LogP contribution in [0.5, 0.6) is 5.75 Å². The number of nitrogens with zero attached hydrogens (tertiary/aromatic N) is 2. The zero-order chi connectivity index (χ0) is 18.7. The number of benzene rings is 2. The molecule has 0 fully saturated rings. The van der Waals surface area contributed by atoms with E-state index < -0.39 is 0 Å². The molecule has 1 aliphatic heterocycles. The zero-order valence-electron chi connectivity index (χ0n) is 15.2. The van der Waals surface area contributed by atoms with Gasteiger partial charge in [-0.05, 0) is 36.8 Å². The Labute approximate surface area is 153 Å². The highest BCUT2D eigenvalue weighted by Gasteiger charge is 2.37. The molecule has 0 unspecified atom stereocenters. The van der Waals surface area contributed by atoms with E-state index in [-0.39, 0.29) is 24.5 Å². The largest absolute Gasteiger partial charge is 0.494 e. The van der Waals surface area contributed by atoms with Crippen LogP contribution in [0.4, 0.5) is 5.69 Å². The number of nitrogens with one attached hydrogen (secondary N) is 1. The van der Waals surface area contributed by atoms with E-state index in [0.717, 1.165) is 17.0 Å². The monoisotopic (exact) mass is 353 g/mol. The van der Waals surface area contributed by atoms with Crippen LogP contribution in [-0.2, 0) is 4.79 Å². The Hall–Kier alpha value is -3.02. The topological polar surface area (TPSA) is 61.9 Å². The maximum atomic E-state index is 12.8. The maximum Gasteiger partial charge on any atom is 0.257 e. The minimum Gasteiger partial charge on any atom is -0.494 e. The molecular formula is C20H23N3O3. The van der Waals surface area contributed by atoms with Crippen LogP contribution < -0.4 is 15.0 Å². The van der Waals surface area contributed by atoms with E-state index in [4.69, 9.17) is 4.74 Å². The summed E-state index contributed by atoms with van der Waals surface area (Å²) in [7, 11) is 3.37. The molecule has 3 rings (SSSR count). The second-order valence-electron chi connectivity index (χ2n) is 6.11. The quantitative estimate of drug-likeness (QED) is 0.897. The standard InChI is InChI=1S/C20H23N3O3/c1-4-26-15-11-9-14(10-12-15)19-22(3)20(25)16-7-5-6-8-17(16)23(19)13-18(24)21-2/h5-12,19H,4,13H2,1-3H3,(H,21,24)/t19-/m1/s1. The van der Waals surface area contributed by atoms with Crippen molar-refractivity contribution in [3.05, 3.63) is 59.7 Å². The normalized spacial score (nSPS) is 16.3. The lowest BCUT2D eigenvalue weighted by Gasteiger charge is -2.44. The molecule has 0 aromatic heterocycles. The van der Waals surface area contributed by atoms with Crippen LogP contribution in [0.2, 0.25) is 0 Å². The van der Waals surface area contributed by atoms with Crippen LogP contribution in [0, 0.1) is 0 Å². The lowest BCUT2D eigenvalue weighted by Crippen LogP contribution is -2.50. The van der Waals surface area contributed by atoms with Gasteiger partial charge in [0.25, 0.3) is 5.91 Å². The van der Waals surface area contributed by atoms with Gasteiger partial charge in [-0.25, -0.2) is 0 Å². The Morgan fingerprint density at radius 2 is 1.85 bits per heavy atom. The number of para-hydroxylation sites is 1. The van der Waals surface area contributed by atoms with Gasteiger partial charge in [0.1, 0.15) is 11.9 Å². The number of hydrogen-bond acceptors (Lipinski definition) is 4. The fourth-order valence-corrected chi connectivity index (χ4v) is 3.26. The first kappa shape index (κ1) is 17.8. The molecule has 136 valence electrons. The van der Waals surface area contributed by atoms with E-state index in [1.165, 1.54) is 0 Å². The first-order chi connectivity index (χ1) is 12.6. The van der Waals surface area contributed by atoms with Crippen LogP contribution >= 0.6 is 0 Å². The van der Waals surface area contributed by atoms with Crippen molar-refractivity contribution in [1.82, 2.24) is 10.2 Å². The van der Waals surface area contributed by atoms with E-state index in [9.17, 15) is 9.59 Å². The van der Waals surface area contributed by atoms with Crippen molar-refractivity contribution >= 4 is 17.5 Å². The third kappa shape index (κ3) is 3.22. The van der Waals surface area contributed by atoms with Gasteiger partial charge in [0.2, 0.25) is 5.91 Å². The zero-order valence-corrected chi connectivity index (χ0v) is 15.2. The molecule has 6 nitrogen and oxygen atoms in total. The molecule has 0 saturated carbocycles. The van der Waals surface area contributed by atoms with Gasteiger partial charge in [-0.3, -0.25) is 9.59 Å². The Kier molecular flexibility index (Phi) is 5.11. The number of amides is 2. The molecule has 1 atom stereocenters. The minimum absolute atomic E-state index is 0.0624. The highest BCUT2D eigenvalue weighted by molar-refractivity contribution is 6.02. The molecule has 0 radical (unpaired) electrons. The second-order valence-corrected chi connectivity index (χ2v) is 6.11. The summed E-state index contributed by atoms with van der Waals surface area (Å²) in [6.45, 7) is 2.68. The third-order valence-corrected chi connectivity index (χ3v) is 4.51. The molecular weight excluding hydrogens is 330 g/mol. The smallest absolute Gasteiger partial charge is 0.257 e. The van der Waals surface area contributed by atoms with Crippen LogP contribution in [0.3, 0.4) is 0 Å². The average molecular weight is 353 g/mol. The van der Waals surface area contributed by atoms with Crippen LogP contribution in [0.15, 0.2) is 48.5 Å². The highest BCUT2D eigenvalue weighted by Crippen LogP contribution is 2.38. The summed E-state index contributed by atoms with van der Waals surface area (Å²) in [6.07, 6.45) is -0.370. The van der Waals surface area contributed by atoms with Crippen LogP contribution in [0.1, 0.15) is 29.0 Å². The first-order valence-corrected chi connectivity index (χ1v) is 8.63. The van der Waals surface area contributed by atoms with E-state index >= 15 is 0 Å². The number of likely N-dealkylation sites (N-methyl/N-ethyl adjacent to an activating group) is 1. The van der Waals surface area contributed by atoms with Crippen LogP contribution in [0.25, 0.3) is 0 Å². The van der Waals surface area contributed by atoms with Crippen LogP contribution in [-0.4, -0.2) is 44.0 Å². The van der Waals surface area contributed by atoms with Gasteiger partial charge in [-0.2, -0.15) is 0 Å². The summed E-state index contributed by atoms with van der Waals surface area (Å²) in [4.78, 5) is 28.6. The lowest BCUT2D eigenvalue weighted by molar-refractivity contribution is -0.119. The van der Waals surface area contributed by atoms with E-state index in [1.54, 1.807) is 25.1 Å². The lowest BCUT2D eigenvalue weighted by atomic mass is 10.0. The number of rotatable bonds is 5. The average Bonchev–Trinajstić information content (AvgIpc) is 2.67. The predicted octanol–water partition coefficient (Wildman–Crippen LogP) is 2.42. The summed E-state index contributed by atoms with van der Waals surface area (Å²) in [5, 5.41) is 2.66. The van der Waals surface area contributed by atoms with Gasteiger partial charge in [0.05, 0.1) is 24.4 Å². The summed E-state index contributed by atoms with van der Waals surface area (Å²) in [5.74, 6) is 0.602. The number of ether oxygens (including phenoxy) is 1. The molecule has 1 N–H and O–H groups in total. The van der Waals surface area contributed by atoms with Gasteiger partial charge in [0, 0.05) is 14.1 Å². The van der Waals surface area contributed by atoms with Gasteiger partial charge in [-0.15, -0.1) is 0 Å². The molecule has 2 aromatic carbocycles. The Balaban J connectivity index is 2.05. The fourth-order valence-electron chi connectivity index (χ4n) is 3.26. The van der Waals surface area contributed by atoms with Crippen molar-refractivity contribution in [3.8, 4) is 5.75 Å². The van der Waals surface area contributed by atoms with Gasteiger partial charge in [-0.1, -0.05) is 24.3 Å². The fraction of sp³-hybridized carbons (Fsp3) is 0.300. The van der Waals surface area contributed by atoms with Crippen molar-refractivity contribution in [2.45, 2.75) is 13.1 Å². The molecule has 2 aromatic rings. The second kappa shape index (κ2) is 7.47. The maximum absolute atomic E-state index is 12.8. The first-order valence-electron chi connectivity index (χ1n) is 8.63. The van der Waals surface area contributed by atoms with Gasteiger partial charge >= 0.3 is 0 Å². The molecule has 6 heteroatoms. The van der Waals surface area contributed by atoms with Crippen molar-refractivity contribution in [3.63, 3.8) is 0 Å². The van der Waals surface area contributed by atoms with E-state index in [1.807, 2.05) is 54.3 Å². The number of carbonyl (C=O) groups is 2. The molecule has 26 heavy (non-hydrogen) atoms. The molecule has 1 heterocycles. The molecule has 0 aliphatic carbocycles. The molecule has 2 amide bonds. The van der Waals surface area contributed by atoms with E-state index in [2.05, 4.69) is 5.32 Å². The molecule has 0 spiro atoms. The highest BCUT2D eigenvalue weighted by atomic mass is 16.5.